The number of benzene rings is 2. The van der Waals surface area contributed by atoms with E-state index in [1.807, 2.05) is 12.1 Å². The van der Waals surface area contributed by atoms with Gasteiger partial charge < -0.3 is 10.2 Å². The van der Waals surface area contributed by atoms with E-state index in [4.69, 9.17) is 10.2 Å². The van der Waals surface area contributed by atoms with Crippen LogP contribution in [0.25, 0.3) is 22.6 Å². The van der Waals surface area contributed by atoms with Crippen molar-refractivity contribution < 1.29 is 4.42 Å². The molecule has 1 aliphatic rings. The molecule has 0 bridgehead atoms. The normalized spacial score (nSPS) is 15.3. The average Bonchev–Trinajstić information content (AvgIpc) is 2.93. The summed E-state index contributed by atoms with van der Waals surface area (Å²) >= 11 is 0. The molecule has 3 heteroatoms. The number of allylic oxidation sites excluding steroid dienone is 1. The molecule has 0 radical (unpaired) electrons. The van der Waals surface area contributed by atoms with Crippen LogP contribution in [0.2, 0.25) is 0 Å². The van der Waals surface area contributed by atoms with Gasteiger partial charge in [0.05, 0.1) is 5.39 Å². The van der Waals surface area contributed by atoms with Crippen molar-refractivity contribution in [1.82, 2.24) is 0 Å². The minimum Gasteiger partial charge on any atom is -0.456 e. The van der Waals surface area contributed by atoms with E-state index in [0.717, 1.165) is 35.3 Å². The van der Waals surface area contributed by atoms with Gasteiger partial charge in [0, 0.05) is 17.3 Å². The lowest BCUT2D eigenvalue weighted by Gasteiger charge is -2.05. The Bertz CT molecular complexity index is 1010. The summed E-state index contributed by atoms with van der Waals surface area (Å²) in [6.07, 6.45) is 3.69. The molecular weight excluding hydrogens is 286 g/mol. The number of rotatable bonds is 1. The highest BCUT2D eigenvalue weighted by Crippen LogP contribution is 2.34. The van der Waals surface area contributed by atoms with Crippen molar-refractivity contribution in [3.05, 3.63) is 75.1 Å². The third-order valence-electron chi connectivity index (χ3n) is 4.46. The Balaban J connectivity index is 1.93. The third-order valence-corrected chi connectivity index (χ3v) is 4.46. The van der Waals surface area contributed by atoms with Crippen molar-refractivity contribution in [1.29, 1.82) is 0 Å². The Kier molecular flexibility index (Phi) is 3.08. The second-order valence-electron chi connectivity index (χ2n) is 6.02. The van der Waals surface area contributed by atoms with Crippen LogP contribution in [0.3, 0.4) is 0 Å². The van der Waals surface area contributed by atoms with E-state index in [1.165, 1.54) is 5.56 Å². The smallest absolute Gasteiger partial charge is 0.196 e. The first kappa shape index (κ1) is 13.8. The number of nitrogen functional groups attached to an aromatic ring is 1. The van der Waals surface area contributed by atoms with Crippen LogP contribution in [0.4, 0.5) is 5.69 Å². The fourth-order valence-corrected chi connectivity index (χ4v) is 3.18. The van der Waals surface area contributed by atoms with Crippen molar-refractivity contribution in [3.8, 4) is 0 Å². The quantitative estimate of drug-likeness (QED) is 0.686. The van der Waals surface area contributed by atoms with Crippen molar-refractivity contribution in [2.75, 3.05) is 5.73 Å². The fourth-order valence-electron chi connectivity index (χ4n) is 3.18. The van der Waals surface area contributed by atoms with Gasteiger partial charge in [-0.05, 0) is 54.7 Å². The molecule has 0 aliphatic heterocycles. The summed E-state index contributed by atoms with van der Waals surface area (Å²) in [5.41, 5.74) is 11.3. The predicted molar refractivity (Wildman–Crippen MR) is 94.3 cm³/mol. The van der Waals surface area contributed by atoms with Crippen molar-refractivity contribution >= 4 is 28.3 Å². The molecule has 2 N–H and O–H groups in total. The average molecular weight is 303 g/mol. The molecule has 114 valence electrons. The molecule has 0 unspecified atom stereocenters. The monoisotopic (exact) mass is 303 g/mol. The molecule has 1 heterocycles. The molecule has 0 spiro atoms. The first-order valence-electron chi connectivity index (χ1n) is 7.75. The first-order valence-corrected chi connectivity index (χ1v) is 7.75. The van der Waals surface area contributed by atoms with Gasteiger partial charge in [-0.3, -0.25) is 4.79 Å². The topological polar surface area (TPSA) is 56.2 Å². The summed E-state index contributed by atoms with van der Waals surface area (Å²) in [5.74, 6) is 0.719. The zero-order valence-electron chi connectivity index (χ0n) is 12.9. The second-order valence-corrected chi connectivity index (χ2v) is 6.02. The molecule has 0 fully saturated rings. The van der Waals surface area contributed by atoms with Gasteiger partial charge in [-0.25, -0.2) is 0 Å². The molecule has 2 aromatic carbocycles. The molecule has 0 saturated heterocycles. The van der Waals surface area contributed by atoms with Gasteiger partial charge in [0.2, 0.25) is 0 Å². The Labute approximate surface area is 134 Å². The summed E-state index contributed by atoms with van der Waals surface area (Å²) in [4.78, 5) is 12.7. The largest absolute Gasteiger partial charge is 0.456 e. The second kappa shape index (κ2) is 5.13. The zero-order valence-corrected chi connectivity index (χ0v) is 12.9. The van der Waals surface area contributed by atoms with Gasteiger partial charge in [0.15, 0.2) is 5.43 Å². The number of fused-ring (bicyclic) bond motifs is 2. The molecule has 0 atom stereocenters. The molecular formula is C20H17NO2. The molecule has 0 saturated carbocycles. The summed E-state index contributed by atoms with van der Waals surface area (Å²) in [6, 6.07) is 13.4. The Morgan fingerprint density at radius 1 is 1.13 bits per heavy atom. The van der Waals surface area contributed by atoms with E-state index in [0.29, 0.717) is 16.7 Å². The lowest BCUT2D eigenvalue weighted by molar-refractivity contribution is 0.585. The van der Waals surface area contributed by atoms with E-state index in [-0.39, 0.29) is 5.43 Å². The van der Waals surface area contributed by atoms with E-state index < -0.39 is 0 Å². The Morgan fingerprint density at radius 2 is 1.96 bits per heavy atom. The van der Waals surface area contributed by atoms with E-state index in [1.54, 1.807) is 18.2 Å². The molecule has 0 amide bonds. The SMILES string of the molecule is Cc1ccccc1C=C1CCc2c1oc1cc(N)ccc1c2=O. The van der Waals surface area contributed by atoms with Crippen LogP contribution in [0.1, 0.15) is 28.9 Å². The van der Waals surface area contributed by atoms with Crippen LogP contribution in [-0.4, -0.2) is 0 Å². The molecule has 3 nitrogen and oxygen atoms in total. The lowest BCUT2D eigenvalue weighted by Crippen LogP contribution is -2.08. The minimum absolute atomic E-state index is 0.0643. The summed E-state index contributed by atoms with van der Waals surface area (Å²) in [5, 5.41) is 0.607. The highest BCUT2D eigenvalue weighted by molar-refractivity contribution is 5.88. The molecule has 23 heavy (non-hydrogen) atoms. The van der Waals surface area contributed by atoms with Gasteiger partial charge in [-0.15, -0.1) is 0 Å². The van der Waals surface area contributed by atoms with Gasteiger partial charge in [-0.2, -0.15) is 0 Å². The molecule has 1 aromatic heterocycles. The number of aryl methyl sites for hydroxylation is 1. The number of hydrogen-bond acceptors (Lipinski definition) is 3. The third kappa shape index (κ3) is 2.25. The summed E-state index contributed by atoms with van der Waals surface area (Å²) < 4.78 is 6.04. The van der Waals surface area contributed by atoms with E-state index in [9.17, 15) is 4.79 Å². The highest BCUT2D eigenvalue weighted by atomic mass is 16.3. The van der Waals surface area contributed by atoms with E-state index >= 15 is 0 Å². The Hall–Kier alpha value is -2.81. The van der Waals surface area contributed by atoms with Crippen LogP contribution in [0.5, 0.6) is 0 Å². The minimum atomic E-state index is 0.0643. The molecule has 3 aromatic rings. The van der Waals surface area contributed by atoms with Crippen molar-refractivity contribution in [2.24, 2.45) is 0 Å². The first-order chi connectivity index (χ1) is 11.1. The van der Waals surface area contributed by atoms with Crippen LogP contribution < -0.4 is 11.2 Å². The van der Waals surface area contributed by atoms with Gasteiger partial charge in [-0.1, -0.05) is 24.3 Å². The van der Waals surface area contributed by atoms with Crippen molar-refractivity contribution in [2.45, 2.75) is 19.8 Å². The number of nitrogens with two attached hydrogens (primary N) is 1. The molecule has 4 rings (SSSR count). The van der Waals surface area contributed by atoms with Crippen LogP contribution >= 0.6 is 0 Å². The Morgan fingerprint density at radius 3 is 2.78 bits per heavy atom. The maximum atomic E-state index is 12.7. The maximum absolute atomic E-state index is 12.7. The zero-order chi connectivity index (χ0) is 16.0. The number of hydrogen-bond donors (Lipinski definition) is 1. The highest BCUT2D eigenvalue weighted by Gasteiger charge is 2.24. The van der Waals surface area contributed by atoms with E-state index in [2.05, 4.69) is 25.1 Å². The van der Waals surface area contributed by atoms with Gasteiger partial charge in [0.25, 0.3) is 0 Å². The number of anilines is 1. The summed E-state index contributed by atoms with van der Waals surface area (Å²) in [6.45, 7) is 2.08. The lowest BCUT2D eigenvalue weighted by atomic mass is 10.0. The van der Waals surface area contributed by atoms with Crippen LogP contribution in [-0.2, 0) is 6.42 Å². The van der Waals surface area contributed by atoms with Crippen molar-refractivity contribution in [3.63, 3.8) is 0 Å². The predicted octanol–water partition coefficient (Wildman–Crippen LogP) is 4.17. The van der Waals surface area contributed by atoms with Gasteiger partial charge in [0.1, 0.15) is 11.3 Å². The summed E-state index contributed by atoms with van der Waals surface area (Å²) in [7, 11) is 0. The van der Waals surface area contributed by atoms with Gasteiger partial charge >= 0.3 is 0 Å². The fraction of sp³-hybridized carbons (Fsp3) is 0.150. The maximum Gasteiger partial charge on any atom is 0.196 e. The molecule has 1 aliphatic carbocycles. The van der Waals surface area contributed by atoms with Crippen LogP contribution in [0.15, 0.2) is 51.7 Å². The standard InChI is InChI=1S/C20H17NO2/c1-12-4-2-3-5-13(12)10-14-6-8-17-19(22)16-9-7-15(21)11-18(16)23-20(14)17/h2-5,7,9-11H,6,8,21H2,1H3. The van der Waals surface area contributed by atoms with Crippen LogP contribution in [0, 0.1) is 6.92 Å².